The van der Waals surface area contributed by atoms with Crippen LogP contribution in [0.15, 0.2) is 30.3 Å². The van der Waals surface area contributed by atoms with Crippen molar-refractivity contribution in [3.05, 3.63) is 35.9 Å². The number of aliphatic hydroxyl groups is 1. The molecular weight excluding hydrogens is 186 g/mol. The van der Waals surface area contributed by atoms with Crippen molar-refractivity contribution >= 4 is 0 Å². The molecule has 2 heteroatoms. The largest absolute Gasteiger partial charge is 0.394 e. The Balaban J connectivity index is 1.76. The molecule has 0 aliphatic heterocycles. The smallest absolute Gasteiger partial charge is 0.0616 e. The Kier molecular flexibility index (Phi) is 3.08. The SMILES string of the molecule is CC1CC1(CO)NCCc1ccccc1. The molecule has 1 aromatic rings. The highest BCUT2D eigenvalue weighted by molar-refractivity contribution is 5.15. The molecule has 2 atom stereocenters. The molecule has 1 aliphatic carbocycles. The summed E-state index contributed by atoms with van der Waals surface area (Å²) in [5.74, 6) is 0.623. The minimum Gasteiger partial charge on any atom is -0.394 e. The lowest BCUT2D eigenvalue weighted by Gasteiger charge is -2.15. The Morgan fingerprint density at radius 2 is 2.07 bits per heavy atom. The van der Waals surface area contributed by atoms with Crippen LogP contribution < -0.4 is 5.32 Å². The number of nitrogens with one attached hydrogen (secondary N) is 1. The van der Waals surface area contributed by atoms with Crippen LogP contribution >= 0.6 is 0 Å². The van der Waals surface area contributed by atoms with E-state index in [9.17, 15) is 5.11 Å². The summed E-state index contributed by atoms with van der Waals surface area (Å²) in [6.07, 6.45) is 2.15. The summed E-state index contributed by atoms with van der Waals surface area (Å²) in [4.78, 5) is 0. The zero-order valence-corrected chi connectivity index (χ0v) is 9.24. The number of hydrogen-bond acceptors (Lipinski definition) is 2. The Morgan fingerprint density at radius 3 is 2.60 bits per heavy atom. The van der Waals surface area contributed by atoms with E-state index in [0.717, 1.165) is 19.4 Å². The number of aliphatic hydroxyl groups excluding tert-OH is 1. The van der Waals surface area contributed by atoms with E-state index in [1.54, 1.807) is 0 Å². The van der Waals surface area contributed by atoms with Gasteiger partial charge in [0.15, 0.2) is 0 Å². The van der Waals surface area contributed by atoms with E-state index in [4.69, 9.17) is 0 Å². The van der Waals surface area contributed by atoms with Crippen LogP contribution in [0.4, 0.5) is 0 Å². The van der Waals surface area contributed by atoms with Gasteiger partial charge in [-0.3, -0.25) is 0 Å². The molecule has 1 aliphatic rings. The summed E-state index contributed by atoms with van der Waals surface area (Å²) in [5.41, 5.74) is 1.39. The van der Waals surface area contributed by atoms with Crippen LogP contribution in [0.5, 0.6) is 0 Å². The van der Waals surface area contributed by atoms with E-state index in [1.807, 2.05) is 6.07 Å². The van der Waals surface area contributed by atoms with Crippen molar-refractivity contribution in [1.29, 1.82) is 0 Å². The van der Waals surface area contributed by atoms with Gasteiger partial charge < -0.3 is 10.4 Å². The molecule has 2 nitrogen and oxygen atoms in total. The summed E-state index contributed by atoms with van der Waals surface area (Å²) in [6, 6.07) is 10.5. The maximum absolute atomic E-state index is 9.26. The van der Waals surface area contributed by atoms with E-state index < -0.39 is 0 Å². The molecule has 0 saturated heterocycles. The monoisotopic (exact) mass is 205 g/mol. The molecule has 2 unspecified atom stereocenters. The summed E-state index contributed by atoms with van der Waals surface area (Å²) in [7, 11) is 0. The summed E-state index contributed by atoms with van der Waals surface area (Å²) < 4.78 is 0. The molecule has 1 saturated carbocycles. The quantitative estimate of drug-likeness (QED) is 0.765. The predicted molar refractivity (Wildman–Crippen MR) is 61.7 cm³/mol. The normalized spacial score (nSPS) is 29.1. The standard InChI is InChI=1S/C13H19NO/c1-11-9-13(11,10-15)14-8-7-12-5-3-2-4-6-12/h2-6,11,14-15H,7-10H2,1H3. The number of hydrogen-bond donors (Lipinski definition) is 2. The van der Waals surface area contributed by atoms with Crippen molar-refractivity contribution in [1.82, 2.24) is 5.32 Å². The molecule has 0 bridgehead atoms. The maximum atomic E-state index is 9.26. The third-order valence-corrected chi connectivity index (χ3v) is 3.47. The minimum atomic E-state index is 0.0365. The molecule has 1 aromatic carbocycles. The second kappa shape index (κ2) is 4.33. The molecule has 0 amide bonds. The van der Waals surface area contributed by atoms with Crippen LogP contribution in [-0.4, -0.2) is 23.8 Å². The molecule has 0 heterocycles. The van der Waals surface area contributed by atoms with E-state index >= 15 is 0 Å². The molecule has 1 fully saturated rings. The molecule has 0 spiro atoms. The molecule has 2 N–H and O–H groups in total. The van der Waals surface area contributed by atoms with Crippen molar-refractivity contribution in [3.63, 3.8) is 0 Å². The highest BCUT2D eigenvalue weighted by atomic mass is 16.3. The first-order valence-electron chi connectivity index (χ1n) is 5.67. The van der Waals surface area contributed by atoms with Crippen LogP contribution in [-0.2, 0) is 6.42 Å². The van der Waals surface area contributed by atoms with E-state index in [-0.39, 0.29) is 12.1 Å². The second-order valence-corrected chi connectivity index (χ2v) is 4.58. The third kappa shape index (κ3) is 2.39. The zero-order chi connectivity index (χ0) is 10.7. The lowest BCUT2D eigenvalue weighted by atomic mass is 10.1. The summed E-state index contributed by atoms with van der Waals surface area (Å²) >= 11 is 0. The fraction of sp³-hybridized carbons (Fsp3) is 0.538. The van der Waals surface area contributed by atoms with Gasteiger partial charge in [0.05, 0.1) is 6.61 Å². The second-order valence-electron chi connectivity index (χ2n) is 4.58. The molecule has 2 rings (SSSR count). The van der Waals surface area contributed by atoms with Gasteiger partial charge in [-0.05, 0) is 30.9 Å². The van der Waals surface area contributed by atoms with Crippen LogP contribution in [0.3, 0.4) is 0 Å². The zero-order valence-electron chi connectivity index (χ0n) is 9.24. The molecular formula is C13H19NO. The Hall–Kier alpha value is -0.860. The molecule has 82 valence electrons. The van der Waals surface area contributed by atoms with Crippen molar-refractivity contribution in [2.75, 3.05) is 13.2 Å². The van der Waals surface area contributed by atoms with E-state index in [1.165, 1.54) is 5.56 Å². The lowest BCUT2D eigenvalue weighted by molar-refractivity contribution is 0.222. The Bertz CT molecular complexity index is 308. The van der Waals surface area contributed by atoms with Gasteiger partial charge in [0.25, 0.3) is 0 Å². The fourth-order valence-electron chi connectivity index (χ4n) is 2.11. The van der Waals surface area contributed by atoms with Gasteiger partial charge in [-0.15, -0.1) is 0 Å². The fourth-order valence-corrected chi connectivity index (χ4v) is 2.11. The average Bonchev–Trinajstić information content (AvgIpc) is 2.92. The van der Waals surface area contributed by atoms with Gasteiger partial charge >= 0.3 is 0 Å². The molecule has 0 aromatic heterocycles. The first-order chi connectivity index (χ1) is 7.27. The van der Waals surface area contributed by atoms with Crippen molar-refractivity contribution in [2.24, 2.45) is 5.92 Å². The van der Waals surface area contributed by atoms with Gasteiger partial charge in [-0.2, -0.15) is 0 Å². The van der Waals surface area contributed by atoms with Gasteiger partial charge in [0.1, 0.15) is 0 Å². The lowest BCUT2D eigenvalue weighted by Crippen LogP contribution is -2.38. The van der Waals surface area contributed by atoms with Gasteiger partial charge in [0, 0.05) is 5.54 Å². The van der Waals surface area contributed by atoms with Crippen LogP contribution in [0.25, 0.3) is 0 Å². The first kappa shape index (κ1) is 10.7. The van der Waals surface area contributed by atoms with Gasteiger partial charge in [0.2, 0.25) is 0 Å². The predicted octanol–water partition coefficient (Wildman–Crippen LogP) is 1.59. The highest BCUT2D eigenvalue weighted by Gasteiger charge is 2.49. The highest BCUT2D eigenvalue weighted by Crippen LogP contribution is 2.42. The number of rotatable bonds is 5. The topological polar surface area (TPSA) is 32.3 Å². The molecule has 0 radical (unpaired) electrons. The van der Waals surface area contributed by atoms with Gasteiger partial charge in [-0.1, -0.05) is 37.3 Å². The van der Waals surface area contributed by atoms with Crippen molar-refractivity contribution in [3.8, 4) is 0 Å². The van der Waals surface area contributed by atoms with Gasteiger partial charge in [-0.25, -0.2) is 0 Å². The third-order valence-electron chi connectivity index (χ3n) is 3.47. The van der Waals surface area contributed by atoms with E-state index in [0.29, 0.717) is 5.92 Å². The van der Waals surface area contributed by atoms with Crippen molar-refractivity contribution < 1.29 is 5.11 Å². The van der Waals surface area contributed by atoms with E-state index in [2.05, 4.69) is 36.5 Å². The van der Waals surface area contributed by atoms with Crippen LogP contribution in [0.2, 0.25) is 0 Å². The maximum Gasteiger partial charge on any atom is 0.0616 e. The minimum absolute atomic E-state index is 0.0365. The Morgan fingerprint density at radius 1 is 1.40 bits per heavy atom. The summed E-state index contributed by atoms with van der Waals surface area (Å²) in [6.45, 7) is 3.41. The first-order valence-corrected chi connectivity index (χ1v) is 5.67. The molecule has 15 heavy (non-hydrogen) atoms. The average molecular weight is 205 g/mol. The summed E-state index contributed by atoms with van der Waals surface area (Å²) in [5, 5.41) is 12.7. The Labute approximate surface area is 91.3 Å². The van der Waals surface area contributed by atoms with Crippen LogP contribution in [0.1, 0.15) is 18.9 Å². The van der Waals surface area contributed by atoms with Crippen LogP contribution in [0, 0.1) is 5.92 Å². The number of benzene rings is 1. The van der Waals surface area contributed by atoms with Crippen molar-refractivity contribution in [2.45, 2.75) is 25.3 Å².